The van der Waals surface area contributed by atoms with Gasteiger partial charge < -0.3 is 10.2 Å². The number of hydrogen-bond acceptors (Lipinski definition) is 4. The van der Waals surface area contributed by atoms with Gasteiger partial charge in [0.05, 0.1) is 0 Å². The fourth-order valence-electron chi connectivity index (χ4n) is 3.19. The Morgan fingerprint density at radius 2 is 1.81 bits per heavy atom. The van der Waals surface area contributed by atoms with E-state index in [-0.39, 0.29) is 11.7 Å². The summed E-state index contributed by atoms with van der Waals surface area (Å²) in [6.45, 7) is 4.05. The van der Waals surface area contributed by atoms with Crippen molar-refractivity contribution in [2.75, 3.05) is 25.0 Å². The highest BCUT2D eigenvalue weighted by atomic mass is 19.1. The summed E-state index contributed by atoms with van der Waals surface area (Å²) in [4.78, 5) is 23.4. The fourth-order valence-corrected chi connectivity index (χ4v) is 3.19. The van der Waals surface area contributed by atoms with E-state index in [1.165, 1.54) is 25.0 Å². The molecule has 5 nitrogen and oxygen atoms in total. The van der Waals surface area contributed by atoms with Crippen molar-refractivity contribution in [3.63, 3.8) is 0 Å². The number of aryl methyl sites for hydroxylation is 1. The molecule has 6 heteroatoms. The molecular formula is C20H25FN4O. The molecule has 1 fully saturated rings. The summed E-state index contributed by atoms with van der Waals surface area (Å²) in [5.41, 5.74) is 1.49. The third-order valence-electron chi connectivity index (χ3n) is 4.58. The standard InChI is InChI=1S/C20H25FN4O/c1-15-23-18(20(26)25-12-4-2-3-5-13-25)14-19(24-15)22-11-10-16-6-8-17(21)9-7-16/h6-9,14H,2-5,10-13H2,1H3,(H,22,23,24). The summed E-state index contributed by atoms with van der Waals surface area (Å²) < 4.78 is 12.9. The number of hydrogen-bond donors (Lipinski definition) is 1. The molecule has 3 rings (SSSR count). The Hall–Kier alpha value is -2.50. The van der Waals surface area contributed by atoms with Crippen molar-refractivity contribution in [3.8, 4) is 0 Å². The van der Waals surface area contributed by atoms with Crippen LogP contribution in [0.1, 0.15) is 47.6 Å². The lowest BCUT2D eigenvalue weighted by molar-refractivity contribution is 0.0755. The average Bonchev–Trinajstić information content (AvgIpc) is 2.92. The van der Waals surface area contributed by atoms with Crippen LogP contribution in [0, 0.1) is 12.7 Å². The molecule has 2 heterocycles. The number of nitrogens with one attached hydrogen (secondary N) is 1. The van der Waals surface area contributed by atoms with Crippen molar-refractivity contribution in [1.29, 1.82) is 0 Å². The van der Waals surface area contributed by atoms with Crippen LogP contribution in [-0.4, -0.2) is 40.4 Å². The van der Waals surface area contributed by atoms with Crippen LogP contribution < -0.4 is 5.32 Å². The Labute approximate surface area is 153 Å². The van der Waals surface area contributed by atoms with E-state index in [2.05, 4.69) is 15.3 Å². The van der Waals surface area contributed by atoms with Crippen molar-refractivity contribution >= 4 is 11.7 Å². The third kappa shape index (κ3) is 5.00. The number of likely N-dealkylation sites (tertiary alicyclic amines) is 1. The SMILES string of the molecule is Cc1nc(NCCc2ccc(F)cc2)cc(C(=O)N2CCCCCC2)n1. The highest BCUT2D eigenvalue weighted by Gasteiger charge is 2.19. The van der Waals surface area contributed by atoms with Crippen LogP contribution in [0.3, 0.4) is 0 Å². The van der Waals surface area contributed by atoms with Gasteiger partial charge in [0, 0.05) is 25.7 Å². The number of carbonyl (C=O) groups is 1. The van der Waals surface area contributed by atoms with E-state index in [0.29, 0.717) is 23.9 Å². The highest BCUT2D eigenvalue weighted by Crippen LogP contribution is 2.15. The first-order chi connectivity index (χ1) is 12.6. The maximum Gasteiger partial charge on any atom is 0.272 e. The van der Waals surface area contributed by atoms with E-state index < -0.39 is 0 Å². The van der Waals surface area contributed by atoms with Crippen LogP contribution in [0.15, 0.2) is 30.3 Å². The van der Waals surface area contributed by atoms with E-state index in [1.807, 2.05) is 4.90 Å². The topological polar surface area (TPSA) is 58.1 Å². The molecule has 1 aliphatic heterocycles. The molecule has 0 radical (unpaired) electrons. The molecule has 0 bridgehead atoms. The van der Waals surface area contributed by atoms with Gasteiger partial charge in [0.1, 0.15) is 23.2 Å². The second kappa shape index (κ2) is 8.74. The number of amides is 1. The maximum absolute atomic E-state index is 12.9. The minimum atomic E-state index is -0.232. The largest absolute Gasteiger partial charge is 0.370 e. The average molecular weight is 356 g/mol. The van der Waals surface area contributed by atoms with E-state index in [9.17, 15) is 9.18 Å². The lowest BCUT2D eigenvalue weighted by Crippen LogP contribution is -2.32. The number of halogens is 1. The first-order valence-electron chi connectivity index (χ1n) is 9.25. The maximum atomic E-state index is 12.9. The molecule has 2 aromatic rings. The lowest BCUT2D eigenvalue weighted by Gasteiger charge is -2.20. The quantitative estimate of drug-likeness (QED) is 0.889. The number of rotatable bonds is 5. The van der Waals surface area contributed by atoms with Gasteiger partial charge in [-0.15, -0.1) is 0 Å². The normalized spacial score (nSPS) is 14.8. The van der Waals surface area contributed by atoms with Gasteiger partial charge in [-0.05, 0) is 43.9 Å². The molecular weight excluding hydrogens is 331 g/mol. The van der Waals surface area contributed by atoms with Gasteiger partial charge in [0.15, 0.2) is 0 Å². The number of aromatic nitrogens is 2. The van der Waals surface area contributed by atoms with Gasteiger partial charge in [-0.3, -0.25) is 4.79 Å². The molecule has 1 aromatic heterocycles. The zero-order valence-corrected chi connectivity index (χ0v) is 15.2. The molecule has 138 valence electrons. The van der Waals surface area contributed by atoms with Crippen LogP contribution in [0.2, 0.25) is 0 Å². The lowest BCUT2D eigenvalue weighted by atomic mass is 10.1. The molecule has 1 aromatic carbocycles. The van der Waals surface area contributed by atoms with Crippen LogP contribution >= 0.6 is 0 Å². The second-order valence-electron chi connectivity index (χ2n) is 6.70. The minimum absolute atomic E-state index is 0.0148. The summed E-state index contributed by atoms with van der Waals surface area (Å²) in [5.74, 6) is 0.983. The summed E-state index contributed by atoms with van der Waals surface area (Å²) in [5, 5.41) is 3.24. The first-order valence-corrected chi connectivity index (χ1v) is 9.25. The van der Waals surface area contributed by atoms with E-state index in [0.717, 1.165) is 37.9 Å². The van der Waals surface area contributed by atoms with Gasteiger partial charge >= 0.3 is 0 Å². The zero-order chi connectivity index (χ0) is 18.4. The molecule has 0 atom stereocenters. The molecule has 0 unspecified atom stereocenters. The molecule has 1 amide bonds. The van der Waals surface area contributed by atoms with E-state index in [4.69, 9.17) is 0 Å². The third-order valence-corrected chi connectivity index (χ3v) is 4.58. The van der Waals surface area contributed by atoms with Gasteiger partial charge in [0.25, 0.3) is 5.91 Å². The van der Waals surface area contributed by atoms with Gasteiger partial charge in [0.2, 0.25) is 0 Å². The van der Waals surface area contributed by atoms with Crippen LogP contribution in [0.4, 0.5) is 10.2 Å². The smallest absolute Gasteiger partial charge is 0.272 e. The summed E-state index contributed by atoms with van der Waals surface area (Å²) in [6, 6.07) is 8.20. The first kappa shape index (κ1) is 18.3. The Morgan fingerprint density at radius 3 is 2.50 bits per heavy atom. The highest BCUT2D eigenvalue weighted by molar-refractivity contribution is 5.93. The van der Waals surface area contributed by atoms with Crippen LogP contribution in [-0.2, 0) is 6.42 Å². The van der Waals surface area contributed by atoms with Crippen molar-refractivity contribution < 1.29 is 9.18 Å². The number of nitrogens with zero attached hydrogens (tertiary/aromatic N) is 3. The second-order valence-corrected chi connectivity index (χ2v) is 6.70. The molecule has 1 N–H and O–H groups in total. The van der Waals surface area contributed by atoms with Crippen molar-refractivity contribution in [2.24, 2.45) is 0 Å². The minimum Gasteiger partial charge on any atom is -0.370 e. The number of carbonyl (C=O) groups excluding carboxylic acids is 1. The predicted octanol–water partition coefficient (Wildman–Crippen LogP) is 3.59. The molecule has 26 heavy (non-hydrogen) atoms. The van der Waals surface area contributed by atoms with Gasteiger partial charge in [-0.2, -0.15) is 0 Å². The number of anilines is 1. The van der Waals surface area contributed by atoms with Crippen molar-refractivity contribution in [1.82, 2.24) is 14.9 Å². The predicted molar refractivity (Wildman–Crippen MR) is 99.7 cm³/mol. The van der Waals surface area contributed by atoms with Gasteiger partial charge in [-0.25, -0.2) is 14.4 Å². The van der Waals surface area contributed by atoms with Gasteiger partial charge in [-0.1, -0.05) is 25.0 Å². The van der Waals surface area contributed by atoms with Crippen LogP contribution in [0.25, 0.3) is 0 Å². The summed E-state index contributed by atoms with van der Waals surface area (Å²) in [7, 11) is 0. The molecule has 1 aliphatic rings. The van der Waals surface area contributed by atoms with E-state index >= 15 is 0 Å². The Kier molecular flexibility index (Phi) is 6.15. The fraction of sp³-hybridized carbons (Fsp3) is 0.450. The summed E-state index contributed by atoms with van der Waals surface area (Å²) >= 11 is 0. The molecule has 0 spiro atoms. The Balaban J connectivity index is 1.63. The molecule has 1 saturated heterocycles. The van der Waals surface area contributed by atoms with Crippen molar-refractivity contribution in [2.45, 2.75) is 39.0 Å². The zero-order valence-electron chi connectivity index (χ0n) is 15.2. The Morgan fingerprint density at radius 1 is 1.12 bits per heavy atom. The Bertz CT molecular complexity index is 740. The molecule has 0 aliphatic carbocycles. The monoisotopic (exact) mass is 356 g/mol. The van der Waals surface area contributed by atoms with Crippen molar-refractivity contribution in [3.05, 3.63) is 53.2 Å². The number of benzene rings is 1. The molecule has 0 saturated carbocycles. The summed E-state index contributed by atoms with van der Waals surface area (Å²) in [6.07, 6.45) is 5.22. The van der Waals surface area contributed by atoms with Crippen LogP contribution in [0.5, 0.6) is 0 Å². The van der Waals surface area contributed by atoms with E-state index in [1.54, 1.807) is 25.1 Å².